The molecule has 0 radical (unpaired) electrons. The Morgan fingerprint density at radius 1 is 1.50 bits per heavy atom. The monoisotopic (exact) mass is 219 g/mol. The van der Waals surface area contributed by atoms with Crippen molar-refractivity contribution in [2.24, 2.45) is 12.8 Å². The number of fused-ring (bicyclic) bond motifs is 1. The van der Waals surface area contributed by atoms with Gasteiger partial charge in [-0.25, -0.2) is 4.98 Å². The van der Waals surface area contributed by atoms with Gasteiger partial charge in [0.2, 0.25) is 0 Å². The maximum atomic E-state index is 8.77. The molecule has 0 fully saturated rings. The first-order chi connectivity index (χ1) is 7.72. The van der Waals surface area contributed by atoms with E-state index in [4.69, 9.17) is 10.8 Å². The second-order valence-electron chi connectivity index (χ2n) is 4.08. The Morgan fingerprint density at radius 3 is 3.06 bits per heavy atom. The summed E-state index contributed by atoms with van der Waals surface area (Å²) >= 11 is 0. The Labute approximate surface area is 94.7 Å². The Bertz CT molecular complexity index is 478. The number of aliphatic hydroxyl groups excluding tert-OH is 1. The summed E-state index contributed by atoms with van der Waals surface area (Å²) in [5.41, 5.74) is 9.20. The van der Waals surface area contributed by atoms with E-state index in [9.17, 15) is 0 Å². The van der Waals surface area contributed by atoms with Crippen LogP contribution in [0.15, 0.2) is 24.5 Å². The summed E-state index contributed by atoms with van der Waals surface area (Å²) in [6.07, 6.45) is 3.34. The van der Waals surface area contributed by atoms with Crippen molar-refractivity contribution in [3.63, 3.8) is 0 Å². The number of aryl methyl sites for hydroxylation is 1. The summed E-state index contributed by atoms with van der Waals surface area (Å²) in [4.78, 5) is 4.30. The van der Waals surface area contributed by atoms with E-state index in [-0.39, 0.29) is 12.6 Å². The molecule has 86 valence electrons. The normalized spacial score (nSPS) is 13.2. The molecule has 4 nitrogen and oxygen atoms in total. The highest BCUT2D eigenvalue weighted by Crippen LogP contribution is 2.20. The molecule has 1 heterocycles. The SMILES string of the molecule is Cn1cnc2cc(C(N)CCCO)ccc21. The average molecular weight is 219 g/mol. The Balaban J connectivity index is 2.25. The number of nitrogens with zero attached hydrogens (tertiary/aromatic N) is 2. The molecule has 0 aliphatic rings. The lowest BCUT2D eigenvalue weighted by Gasteiger charge is -2.11. The second-order valence-corrected chi connectivity index (χ2v) is 4.08. The van der Waals surface area contributed by atoms with Crippen LogP contribution >= 0.6 is 0 Å². The molecule has 0 aliphatic heterocycles. The summed E-state index contributed by atoms with van der Waals surface area (Å²) in [5.74, 6) is 0. The van der Waals surface area contributed by atoms with Crippen molar-refractivity contribution in [3.05, 3.63) is 30.1 Å². The lowest BCUT2D eigenvalue weighted by molar-refractivity contribution is 0.280. The van der Waals surface area contributed by atoms with Gasteiger partial charge in [0.15, 0.2) is 0 Å². The van der Waals surface area contributed by atoms with E-state index >= 15 is 0 Å². The number of nitrogens with two attached hydrogens (primary N) is 1. The van der Waals surface area contributed by atoms with E-state index in [1.165, 1.54) is 0 Å². The van der Waals surface area contributed by atoms with Crippen LogP contribution in [0.3, 0.4) is 0 Å². The molecule has 16 heavy (non-hydrogen) atoms. The predicted octanol–water partition coefficient (Wildman–Crippen LogP) is 1.35. The lowest BCUT2D eigenvalue weighted by atomic mass is 10.0. The maximum absolute atomic E-state index is 8.77. The topological polar surface area (TPSA) is 64.1 Å². The molecule has 0 aliphatic carbocycles. The van der Waals surface area contributed by atoms with Crippen molar-refractivity contribution in [2.75, 3.05) is 6.61 Å². The van der Waals surface area contributed by atoms with Crippen LogP contribution in [0, 0.1) is 0 Å². The molecule has 0 spiro atoms. The Hall–Kier alpha value is -1.39. The zero-order chi connectivity index (χ0) is 11.5. The van der Waals surface area contributed by atoms with Gasteiger partial charge in [-0.15, -0.1) is 0 Å². The highest BCUT2D eigenvalue weighted by atomic mass is 16.2. The van der Waals surface area contributed by atoms with Gasteiger partial charge in [0.1, 0.15) is 0 Å². The number of aliphatic hydroxyl groups is 1. The summed E-state index contributed by atoms with van der Waals surface area (Å²) in [7, 11) is 1.97. The van der Waals surface area contributed by atoms with Crippen molar-refractivity contribution >= 4 is 11.0 Å². The summed E-state index contributed by atoms with van der Waals surface area (Å²) in [6, 6.07) is 6.08. The van der Waals surface area contributed by atoms with Crippen LogP contribution in [0.2, 0.25) is 0 Å². The molecule has 2 rings (SSSR count). The molecule has 3 N–H and O–H groups in total. The number of hydrogen-bond donors (Lipinski definition) is 2. The smallest absolute Gasteiger partial charge is 0.0955 e. The van der Waals surface area contributed by atoms with Crippen LogP contribution in [-0.2, 0) is 7.05 Å². The number of imidazole rings is 1. The van der Waals surface area contributed by atoms with Gasteiger partial charge in [0.05, 0.1) is 17.4 Å². The first-order valence-electron chi connectivity index (χ1n) is 5.50. The average Bonchev–Trinajstić information content (AvgIpc) is 2.67. The summed E-state index contributed by atoms with van der Waals surface area (Å²) < 4.78 is 1.98. The third kappa shape index (κ3) is 2.08. The van der Waals surface area contributed by atoms with Gasteiger partial charge < -0.3 is 15.4 Å². The molecule has 0 saturated heterocycles. The number of benzene rings is 1. The highest BCUT2D eigenvalue weighted by molar-refractivity contribution is 5.76. The van der Waals surface area contributed by atoms with E-state index in [1.807, 2.05) is 29.8 Å². The maximum Gasteiger partial charge on any atom is 0.0955 e. The molecule has 4 heteroatoms. The van der Waals surface area contributed by atoms with Crippen LogP contribution in [0.4, 0.5) is 0 Å². The fourth-order valence-corrected chi connectivity index (χ4v) is 1.86. The minimum Gasteiger partial charge on any atom is -0.396 e. The fraction of sp³-hybridized carbons (Fsp3) is 0.417. The highest BCUT2D eigenvalue weighted by Gasteiger charge is 2.07. The lowest BCUT2D eigenvalue weighted by Crippen LogP contribution is -2.10. The number of aromatic nitrogens is 2. The van der Waals surface area contributed by atoms with Gasteiger partial charge >= 0.3 is 0 Å². The van der Waals surface area contributed by atoms with Crippen LogP contribution in [0.25, 0.3) is 11.0 Å². The van der Waals surface area contributed by atoms with E-state index in [1.54, 1.807) is 6.33 Å². The second kappa shape index (κ2) is 4.63. The number of rotatable bonds is 4. The summed E-state index contributed by atoms with van der Waals surface area (Å²) in [5, 5.41) is 8.77. The molecular weight excluding hydrogens is 202 g/mol. The molecular formula is C12H17N3O. The van der Waals surface area contributed by atoms with Crippen molar-refractivity contribution in [1.29, 1.82) is 0 Å². The Morgan fingerprint density at radius 2 is 2.31 bits per heavy atom. The molecule has 1 aromatic heterocycles. The summed E-state index contributed by atoms with van der Waals surface area (Å²) in [6.45, 7) is 0.194. The van der Waals surface area contributed by atoms with Crippen LogP contribution in [0.1, 0.15) is 24.4 Å². The third-order valence-corrected chi connectivity index (χ3v) is 2.85. The first-order valence-corrected chi connectivity index (χ1v) is 5.50. The van der Waals surface area contributed by atoms with Crippen LogP contribution in [0.5, 0.6) is 0 Å². The van der Waals surface area contributed by atoms with Gasteiger partial charge in [-0.1, -0.05) is 6.07 Å². The Kier molecular flexibility index (Phi) is 3.22. The van der Waals surface area contributed by atoms with E-state index in [2.05, 4.69) is 4.98 Å². The van der Waals surface area contributed by atoms with Crippen LogP contribution in [-0.4, -0.2) is 21.3 Å². The van der Waals surface area contributed by atoms with Crippen molar-refractivity contribution in [3.8, 4) is 0 Å². The largest absolute Gasteiger partial charge is 0.396 e. The van der Waals surface area contributed by atoms with Gasteiger partial charge in [-0.05, 0) is 30.5 Å². The minimum atomic E-state index is -0.0152. The standard InChI is InChI=1S/C12H17N3O/c1-15-8-14-11-7-9(4-5-12(11)15)10(13)3-2-6-16/h4-5,7-8,10,16H,2-3,6,13H2,1H3. The van der Waals surface area contributed by atoms with E-state index < -0.39 is 0 Å². The van der Waals surface area contributed by atoms with Gasteiger partial charge in [0.25, 0.3) is 0 Å². The van der Waals surface area contributed by atoms with Gasteiger partial charge in [0, 0.05) is 19.7 Å². The number of hydrogen-bond acceptors (Lipinski definition) is 3. The quantitative estimate of drug-likeness (QED) is 0.815. The molecule has 0 amide bonds. The molecule has 1 unspecified atom stereocenters. The minimum absolute atomic E-state index is 0.0152. The molecule has 1 atom stereocenters. The zero-order valence-electron chi connectivity index (χ0n) is 9.43. The third-order valence-electron chi connectivity index (χ3n) is 2.85. The molecule has 1 aromatic carbocycles. The zero-order valence-corrected chi connectivity index (χ0v) is 9.43. The molecule has 2 aromatic rings. The predicted molar refractivity (Wildman–Crippen MR) is 64.0 cm³/mol. The molecule has 0 saturated carbocycles. The van der Waals surface area contributed by atoms with E-state index in [0.717, 1.165) is 29.4 Å². The van der Waals surface area contributed by atoms with Crippen molar-refractivity contribution < 1.29 is 5.11 Å². The fourth-order valence-electron chi connectivity index (χ4n) is 1.86. The van der Waals surface area contributed by atoms with E-state index in [0.29, 0.717) is 0 Å². The van der Waals surface area contributed by atoms with Crippen molar-refractivity contribution in [2.45, 2.75) is 18.9 Å². The first kappa shape index (κ1) is 11.1. The van der Waals surface area contributed by atoms with Gasteiger partial charge in [-0.2, -0.15) is 0 Å². The van der Waals surface area contributed by atoms with Gasteiger partial charge in [-0.3, -0.25) is 0 Å². The molecule has 0 bridgehead atoms. The van der Waals surface area contributed by atoms with Crippen LogP contribution < -0.4 is 5.73 Å². The van der Waals surface area contributed by atoms with Crippen molar-refractivity contribution in [1.82, 2.24) is 9.55 Å².